The molecule has 3 heterocycles. The lowest BCUT2D eigenvalue weighted by Crippen LogP contribution is -2.40. The smallest absolute Gasteiger partial charge is 0.238 e. The van der Waals surface area contributed by atoms with Gasteiger partial charge in [0.1, 0.15) is 5.82 Å². The summed E-state index contributed by atoms with van der Waals surface area (Å²) in [5.41, 5.74) is 2.99. The van der Waals surface area contributed by atoms with Gasteiger partial charge in [-0.1, -0.05) is 12.1 Å². The van der Waals surface area contributed by atoms with E-state index in [0.717, 1.165) is 43.0 Å². The Balaban J connectivity index is 1.49. The Morgan fingerprint density at radius 1 is 1.32 bits per heavy atom. The monoisotopic (exact) mass is 380 g/mol. The van der Waals surface area contributed by atoms with E-state index in [1.807, 2.05) is 19.3 Å². The van der Waals surface area contributed by atoms with Crippen LogP contribution in [0, 0.1) is 0 Å². The lowest BCUT2D eigenvalue weighted by Gasteiger charge is -2.32. The topological polar surface area (TPSA) is 68.0 Å². The van der Waals surface area contributed by atoms with Gasteiger partial charge in [-0.3, -0.25) is 14.4 Å². The second-order valence-corrected chi connectivity index (χ2v) is 7.95. The third kappa shape index (κ3) is 3.80. The first-order valence-electron chi connectivity index (χ1n) is 9.99. The first kappa shape index (κ1) is 18.7. The first-order chi connectivity index (χ1) is 13.5. The summed E-state index contributed by atoms with van der Waals surface area (Å²) in [6, 6.07) is 8.70. The molecule has 0 aliphatic carbocycles. The number of fused-ring (bicyclic) bond motifs is 1. The zero-order valence-electron chi connectivity index (χ0n) is 16.8. The number of para-hydroxylation sites is 2. The fourth-order valence-electron chi connectivity index (χ4n) is 4.19. The average Bonchev–Trinajstić information content (AvgIpc) is 3.25. The molecule has 2 aromatic heterocycles. The Morgan fingerprint density at radius 3 is 2.89 bits per heavy atom. The van der Waals surface area contributed by atoms with Crippen molar-refractivity contribution in [3.05, 3.63) is 42.5 Å². The second kappa shape index (κ2) is 7.75. The molecular formula is C21H28N6O. The molecule has 1 aliphatic rings. The van der Waals surface area contributed by atoms with Crippen LogP contribution in [0.5, 0.6) is 0 Å². The van der Waals surface area contributed by atoms with Gasteiger partial charge in [0, 0.05) is 31.7 Å². The van der Waals surface area contributed by atoms with Gasteiger partial charge in [-0.15, -0.1) is 0 Å². The number of aryl methyl sites for hydroxylation is 1. The van der Waals surface area contributed by atoms with Crippen LogP contribution in [0.15, 0.2) is 36.7 Å². The van der Waals surface area contributed by atoms with Crippen molar-refractivity contribution < 1.29 is 4.79 Å². The number of hydrogen-bond donors (Lipinski definition) is 1. The number of anilines is 1. The Morgan fingerprint density at radius 2 is 2.14 bits per heavy atom. The van der Waals surface area contributed by atoms with Crippen molar-refractivity contribution in [2.45, 2.75) is 38.6 Å². The fraction of sp³-hybridized carbons (Fsp3) is 0.476. The van der Waals surface area contributed by atoms with Crippen LogP contribution in [0.25, 0.3) is 11.0 Å². The predicted molar refractivity (Wildman–Crippen MR) is 110 cm³/mol. The van der Waals surface area contributed by atoms with Gasteiger partial charge >= 0.3 is 0 Å². The Hall–Kier alpha value is -2.67. The van der Waals surface area contributed by atoms with Crippen LogP contribution in [-0.4, -0.2) is 49.8 Å². The molecule has 1 atom stereocenters. The standard InChI is InChI=1S/C21H28N6O/c1-15(2)27-19-9-5-4-8-18(19)24-21(27)16-7-6-10-26(12-16)14-20(28)23-17-11-22-25(3)13-17/h4-5,8-9,11,13,15-16H,6-7,10,12,14H2,1-3H3,(H,23,28). The van der Waals surface area contributed by atoms with Gasteiger partial charge in [0.05, 0.1) is 29.5 Å². The molecule has 148 valence electrons. The van der Waals surface area contributed by atoms with Gasteiger partial charge in [-0.2, -0.15) is 5.10 Å². The van der Waals surface area contributed by atoms with E-state index in [2.05, 4.69) is 51.9 Å². The Labute approximate surface area is 165 Å². The van der Waals surface area contributed by atoms with Crippen molar-refractivity contribution in [1.29, 1.82) is 0 Å². The number of rotatable bonds is 5. The molecule has 1 aromatic carbocycles. The molecule has 1 amide bonds. The van der Waals surface area contributed by atoms with E-state index in [-0.39, 0.29) is 5.91 Å². The van der Waals surface area contributed by atoms with E-state index < -0.39 is 0 Å². The molecule has 4 rings (SSSR count). The highest BCUT2D eigenvalue weighted by atomic mass is 16.2. The molecule has 7 heteroatoms. The number of likely N-dealkylation sites (tertiary alicyclic amines) is 1. The SMILES string of the molecule is CC(C)n1c(C2CCCN(CC(=O)Nc3cnn(C)c3)C2)nc2ccccc21. The first-order valence-corrected chi connectivity index (χ1v) is 9.99. The largest absolute Gasteiger partial charge is 0.325 e. The number of benzene rings is 1. The molecule has 0 saturated carbocycles. The number of carbonyl (C=O) groups excluding carboxylic acids is 1. The molecule has 1 aliphatic heterocycles. The van der Waals surface area contributed by atoms with Crippen molar-refractivity contribution in [2.75, 3.05) is 25.0 Å². The van der Waals surface area contributed by atoms with Crippen molar-refractivity contribution >= 4 is 22.6 Å². The second-order valence-electron chi connectivity index (χ2n) is 7.95. The molecule has 0 radical (unpaired) electrons. The van der Waals surface area contributed by atoms with Crippen molar-refractivity contribution in [1.82, 2.24) is 24.2 Å². The zero-order chi connectivity index (χ0) is 19.7. The van der Waals surface area contributed by atoms with Crippen LogP contribution in [0.1, 0.15) is 44.5 Å². The Kier molecular flexibility index (Phi) is 5.17. The predicted octanol–water partition coefficient (Wildman–Crippen LogP) is 3.17. The molecular weight excluding hydrogens is 352 g/mol. The molecule has 1 unspecified atom stereocenters. The van der Waals surface area contributed by atoms with Crippen molar-refractivity contribution in [3.63, 3.8) is 0 Å². The highest BCUT2D eigenvalue weighted by Crippen LogP contribution is 2.31. The summed E-state index contributed by atoms with van der Waals surface area (Å²) in [4.78, 5) is 19.6. The number of carbonyl (C=O) groups is 1. The highest BCUT2D eigenvalue weighted by molar-refractivity contribution is 5.92. The van der Waals surface area contributed by atoms with Gasteiger partial charge in [-0.05, 0) is 45.4 Å². The lowest BCUT2D eigenvalue weighted by molar-refractivity contribution is -0.117. The highest BCUT2D eigenvalue weighted by Gasteiger charge is 2.27. The number of piperidine rings is 1. The number of amides is 1. The summed E-state index contributed by atoms with van der Waals surface area (Å²) in [5.74, 6) is 1.49. The molecule has 1 saturated heterocycles. The van der Waals surface area contributed by atoms with Crippen LogP contribution < -0.4 is 5.32 Å². The van der Waals surface area contributed by atoms with E-state index >= 15 is 0 Å². The van der Waals surface area contributed by atoms with Gasteiger partial charge in [0.25, 0.3) is 0 Å². The van der Waals surface area contributed by atoms with Gasteiger partial charge in [0.15, 0.2) is 0 Å². The molecule has 0 bridgehead atoms. The summed E-state index contributed by atoms with van der Waals surface area (Å²) in [6.45, 7) is 6.61. The number of nitrogens with one attached hydrogen (secondary N) is 1. The van der Waals surface area contributed by atoms with E-state index in [0.29, 0.717) is 18.5 Å². The van der Waals surface area contributed by atoms with E-state index in [9.17, 15) is 4.79 Å². The normalized spacial score (nSPS) is 18.1. The van der Waals surface area contributed by atoms with E-state index in [4.69, 9.17) is 4.98 Å². The van der Waals surface area contributed by atoms with Crippen molar-refractivity contribution in [2.24, 2.45) is 7.05 Å². The molecule has 0 spiro atoms. The summed E-state index contributed by atoms with van der Waals surface area (Å²) >= 11 is 0. The molecule has 28 heavy (non-hydrogen) atoms. The van der Waals surface area contributed by atoms with Gasteiger partial charge in [0.2, 0.25) is 5.91 Å². The summed E-state index contributed by atoms with van der Waals surface area (Å²) in [6.07, 6.45) is 5.66. The Bertz CT molecular complexity index is 972. The van der Waals surface area contributed by atoms with Crippen LogP contribution in [0.4, 0.5) is 5.69 Å². The van der Waals surface area contributed by atoms with Crippen molar-refractivity contribution in [3.8, 4) is 0 Å². The minimum Gasteiger partial charge on any atom is -0.325 e. The van der Waals surface area contributed by atoms with E-state index in [1.165, 1.54) is 5.52 Å². The van der Waals surface area contributed by atoms with Gasteiger partial charge < -0.3 is 9.88 Å². The number of nitrogens with zero attached hydrogens (tertiary/aromatic N) is 5. The lowest BCUT2D eigenvalue weighted by atomic mass is 9.97. The quantitative estimate of drug-likeness (QED) is 0.738. The fourth-order valence-corrected chi connectivity index (χ4v) is 4.19. The third-order valence-electron chi connectivity index (χ3n) is 5.37. The molecule has 7 nitrogen and oxygen atoms in total. The van der Waals surface area contributed by atoms with Crippen LogP contribution >= 0.6 is 0 Å². The maximum atomic E-state index is 12.4. The minimum atomic E-state index is 0.00557. The van der Waals surface area contributed by atoms with Gasteiger partial charge in [-0.25, -0.2) is 4.98 Å². The number of hydrogen-bond acceptors (Lipinski definition) is 4. The summed E-state index contributed by atoms with van der Waals surface area (Å²) in [7, 11) is 1.84. The maximum absolute atomic E-state index is 12.4. The van der Waals surface area contributed by atoms with E-state index in [1.54, 1.807) is 10.9 Å². The average molecular weight is 380 g/mol. The summed E-state index contributed by atoms with van der Waals surface area (Å²) in [5, 5.41) is 7.02. The number of imidazole rings is 1. The molecule has 3 aromatic rings. The minimum absolute atomic E-state index is 0.00557. The van der Waals surface area contributed by atoms with Crippen LogP contribution in [0.2, 0.25) is 0 Å². The molecule has 1 N–H and O–H groups in total. The summed E-state index contributed by atoms with van der Waals surface area (Å²) < 4.78 is 4.04. The zero-order valence-corrected chi connectivity index (χ0v) is 16.8. The maximum Gasteiger partial charge on any atom is 0.238 e. The molecule has 1 fully saturated rings. The number of aromatic nitrogens is 4. The third-order valence-corrected chi connectivity index (χ3v) is 5.37. The van der Waals surface area contributed by atoms with Crippen LogP contribution in [0.3, 0.4) is 0 Å². The van der Waals surface area contributed by atoms with Crippen LogP contribution in [-0.2, 0) is 11.8 Å².